The largest absolute Gasteiger partial charge is 0.487 e. The van der Waals surface area contributed by atoms with Gasteiger partial charge >= 0.3 is 0 Å². The van der Waals surface area contributed by atoms with Crippen LogP contribution >= 0.6 is 0 Å². The number of aryl methyl sites for hydroxylation is 1. The summed E-state index contributed by atoms with van der Waals surface area (Å²) in [6.45, 7) is 18.8. The number of pyridine rings is 1. The Balaban J connectivity index is 1.34. The summed E-state index contributed by atoms with van der Waals surface area (Å²) in [7, 11) is 0. The minimum atomic E-state index is 0.0101. The Labute approximate surface area is 292 Å². The van der Waals surface area contributed by atoms with Gasteiger partial charge in [-0.2, -0.15) is 5.26 Å². The van der Waals surface area contributed by atoms with Gasteiger partial charge in [0.1, 0.15) is 18.4 Å². The van der Waals surface area contributed by atoms with Crippen LogP contribution in [-0.4, -0.2) is 40.7 Å². The molecule has 2 heterocycles. The lowest BCUT2D eigenvalue weighted by Crippen LogP contribution is -2.28. The molecule has 49 heavy (non-hydrogen) atoms. The van der Waals surface area contributed by atoms with Crippen LogP contribution in [0, 0.1) is 32.1 Å². The molecule has 0 bridgehead atoms. The molecule has 3 N–H and O–H groups in total. The average molecular weight is 656 g/mol. The van der Waals surface area contributed by atoms with Gasteiger partial charge in [0.05, 0.1) is 23.6 Å². The summed E-state index contributed by atoms with van der Waals surface area (Å²) in [6.07, 6.45) is 8.39. The standard InChI is InChI=1S/C42H49N5O2/c1-7-12-35-21-34(23-44-29(3)26-48)24-45-41(35)32(6)46-40-16-11-15-39(31(40)5)38-14-10-13-36(30(38)4)27-49-42-28(2)19-33(20-37(42)22-43)25-47-17-8-9-18-47/h7,10-16,19-21,24,29,44,46,48H,6,8-9,17-18,23,25-27H2,1-5H3/b12-7-. The lowest BCUT2D eigenvalue weighted by molar-refractivity contribution is 0.251. The molecule has 0 radical (unpaired) electrons. The third kappa shape index (κ3) is 8.65. The molecular weight excluding hydrogens is 606 g/mol. The van der Waals surface area contributed by atoms with Crippen LogP contribution in [0.5, 0.6) is 5.75 Å². The van der Waals surface area contributed by atoms with E-state index in [0.717, 1.165) is 75.5 Å². The third-order valence-corrected chi connectivity index (χ3v) is 9.32. The molecule has 7 nitrogen and oxygen atoms in total. The molecule has 7 heteroatoms. The van der Waals surface area contributed by atoms with Crippen molar-refractivity contribution in [2.75, 3.05) is 25.0 Å². The second kappa shape index (κ2) is 16.6. The predicted octanol–water partition coefficient (Wildman–Crippen LogP) is 8.31. The molecule has 1 aromatic heterocycles. The smallest absolute Gasteiger partial charge is 0.140 e. The van der Waals surface area contributed by atoms with Crippen molar-refractivity contribution in [2.45, 2.75) is 73.2 Å². The van der Waals surface area contributed by atoms with E-state index in [1.807, 2.05) is 45.2 Å². The van der Waals surface area contributed by atoms with Crippen LogP contribution in [0.4, 0.5) is 5.69 Å². The van der Waals surface area contributed by atoms with Gasteiger partial charge in [0.25, 0.3) is 0 Å². The van der Waals surface area contributed by atoms with Crippen LogP contribution in [0.2, 0.25) is 0 Å². The number of hydrogen-bond acceptors (Lipinski definition) is 7. The minimum Gasteiger partial charge on any atom is -0.487 e. The Morgan fingerprint density at radius 1 is 1.06 bits per heavy atom. The maximum atomic E-state index is 9.99. The van der Waals surface area contributed by atoms with Gasteiger partial charge in [-0.25, -0.2) is 0 Å². The molecule has 0 spiro atoms. The first-order chi connectivity index (χ1) is 23.7. The van der Waals surface area contributed by atoms with E-state index >= 15 is 0 Å². The van der Waals surface area contributed by atoms with Crippen LogP contribution in [0.25, 0.3) is 22.9 Å². The fourth-order valence-corrected chi connectivity index (χ4v) is 6.52. The molecule has 254 valence electrons. The van der Waals surface area contributed by atoms with Crippen molar-refractivity contribution in [1.82, 2.24) is 15.2 Å². The van der Waals surface area contributed by atoms with E-state index in [2.05, 4.69) is 90.6 Å². The van der Waals surface area contributed by atoms with Crippen molar-refractivity contribution in [2.24, 2.45) is 0 Å². The monoisotopic (exact) mass is 655 g/mol. The normalized spacial score (nSPS) is 13.8. The molecule has 1 aliphatic rings. The van der Waals surface area contributed by atoms with Crippen molar-refractivity contribution in [3.05, 3.63) is 124 Å². The number of aromatic nitrogens is 1. The first-order valence-corrected chi connectivity index (χ1v) is 17.2. The highest BCUT2D eigenvalue weighted by Gasteiger charge is 2.17. The van der Waals surface area contributed by atoms with E-state index in [9.17, 15) is 10.4 Å². The number of ether oxygens (including phenoxy) is 1. The molecular formula is C42H49N5O2. The maximum absolute atomic E-state index is 9.99. The first kappa shape index (κ1) is 35.6. The zero-order valence-corrected chi connectivity index (χ0v) is 29.6. The molecule has 1 aliphatic heterocycles. The van der Waals surface area contributed by atoms with Gasteiger partial charge in [-0.05, 0) is 123 Å². The zero-order chi connectivity index (χ0) is 34.9. The zero-order valence-electron chi connectivity index (χ0n) is 29.6. The number of aliphatic hydroxyl groups is 1. The lowest BCUT2D eigenvalue weighted by Gasteiger charge is -2.19. The molecule has 1 atom stereocenters. The van der Waals surface area contributed by atoms with Crippen molar-refractivity contribution >= 4 is 17.5 Å². The number of hydrogen-bond donors (Lipinski definition) is 3. The Morgan fingerprint density at radius 2 is 1.80 bits per heavy atom. The Morgan fingerprint density at radius 3 is 2.51 bits per heavy atom. The number of allylic oxidation sites excluding steroid dienone is 1. The summed E-state index contributed by atoms with van der Waals surface area (Å²) in [5.74, 6) is 0.660. The summed E-state index contributed by atoms with van der Waals surface area (Å²) in [4.78, 5) is 7.22. The Hall–Kier alpha value is -4.74. The Kier molecular flexibility index (Phi) is 12.0. The third-order valence-electron chi connectivity index (χ3n) is 9.32. The summed E-state index contributed by atoms with van der Waals surface area (Å²) < 4.78 is 6.38. The van der Waals surface area contributed by atoms with E-state index in [1.165, 1.54) is 18.4 Å². The van der Waals surface area contributed by atoms with Crippen LogP contribution in [0.15, 0.2) is 73.4 Å². The topological polar surface area (TPSA) is 93.4 Å². The second-order valence-electron chi connectivity index (χ2n) is 13.1. The summed E-state index contributed by atoms with van der Waals surface area (Å²) in [6, 6.07) is 21.2. The number of aliphatic hydroxyl groups excluding tert-OH is 1. The number of nitriles is 1. The number of likely N-dealkylation sites (tertiary alicyclic amines) is 1. The molecule has 1 unspecified atom stereocenters. The van der Waals surface area contributed by atoms with E-state index in [0.29, 0.717) is 30.2 Å². The van der Waals surface area contributed by atoms with Gasteiger partial charge in [-0.3, -0.25) is 9.88 Å². The molecule has 5 rings (SSSR count). The van der Waals surface area contributed by atoms with Crippen LogP contribution in [0.1, 0.15) is 76.9 Å². The molecule has 0 saturated carbocycles. The van der Waals surface area contributed by atoms with Crippen LogP contribution in [0.3, 0.4) is 0 Å². The van der Waals surface area contributed by atoms with Gasteiger partial charge in [0, 0.05) is 36.6 Å². The predicted molar refractivity (Wildman–Crippen MR) is 201 cm³/mol. The van der Waals surface area contributed by atoms with E-state index in [-0.39, 0.29) is 12.6 Å². The van der Waals surface area contributed by atoms with Gasteiger partial charge in [-0.15, -0.1) is 0 Å². The van der Waals surface area contributed by atoms with E-state index in [4.69, 9.17) is 9.72 Å². The molecule has 0 aliphatic carbocycles. The molecule has 0 amide bonds. The van der Waals surface area contributed by atoms with E-state index in [1.54, 1.807) is 0 Å². The van der Waals surface area contributed by atoms with E-state index < -0.39 is 0 Å². The highest BCUT2D eigenvalue weighted by atomic mass is 16.5. The fraction of sp³-hybridized carbons (Fsp3) is 0.333. The number of benzene rings is 3. The number of rotatable bonds is 14. The van der Waals surface area contributed by atoms with Gasteiger partial charge < -0.3 is 20.5 Å². The fourth-order valence-electron chi connectivity index (χ4n) is 6.52. The van der Waals surface area contributed by atoms with Crippen LogP contribution < -0.4 is 15.4 Å². The quantitative estimate of drug-likeness (QED) is 0.126. The van der Waals surface area contributed by atoms with Gasteiger partial charge in [0.15, 0.2) is 0 Å². The lowest BCUT2D eigenvalue weighted by atomic mass is 9.93. The summed E-state index contributed by atoms with van der Waals surface area (Å²) >= 11 is 0. The van der Waals surface area contributed by atoms with Crippen molar-refractivity contribution in [3.63, 3.8) is 0 Å². The second-order valence-corrected chi connectivity index (χ2v) is 13.1. The highest BCUT2D eigenvalue weighted by Crippen LogP contribution is 2.34. The molecule has 1 saturated heterocycles. The van der Waals surface area contributed by atoms with Crippen molar-refractivity contribution in [1.29, 1.82) is 5.26 Å². The SMILES string of the molecule is C=C(Nc1cccc(-c2cccc(COc3c(C)cc(CN4CCCC4)cc3C#N)c2C)c1C)c1ncc(CNC(C)CO)cc1/C=C\C. The molecule has 1 fully saturated rings. The summed E-state index contributed by atoms with van der Waals surface area (Å²) in [5, 5.41) is 26.2. The highest BCUT2D eigenvalue weighted by molar-refractivity contribution is 5.83. The first-order valence-electron chi connectivity index (χ1n) is 17.2. The van der Waals surface area contributed by atoms with Crippen LogP contribution in [-0.2, 0) is 19.7 Å². The molecule has 4 aromatic rings. The van der Waals surface area contributed by atoms with Crippen molar-refractivity contribution < 1.29 is 9.84 Å². The maximum Gasteiger partial charge on any atom is 0.140 e. The number of nitrogens with zero attached hydrogens (tertiary/aromatic N) is 3. The molecule has 3 aromatic carbocycles. The van der Waals surface area contributed by atoms with Gasteiger partial charge in [-0.1, -0.05) is 55.1 Å². The van der Waals surface area contributed by atoms with Crippen molar-refractivity contribution in [3.8, 4) is 22.9 Å². The number of nitrogens with one attached hydrogen (secondary N) is 2. The van der Waals surface area contributed by atoms with Gasteiger partial charge in [0.2, 0.25) is 0 Å². The minimum absolute atomic E-state index is 0.0101. The number of anilines is 1. The average Bonchev–Trinajstić information content (AvgIpc) is 3.61. The Bertz CT molecular complexity index is 1870. The summed E-state index contributed by atoms with van der Waals surface area (Å²) in [5.41, 5.74) is 12.8.